The number of carboxylic acid groups (broad SMARTS) is 1. The summed E-state index contributed by atoms with van der Waals surface area (Å²) in [5.74, 6) is -1.96. The van der Waals surface area contributed by atoms with Crippen molar-refractivity contribution in [3.05, 3.63) is 35.9 Å². The molecule has 7 nitrogen and oxygen atoms in total. The summed E-state index contributed by atoms with van der Waals surface area (Å²) in [6, 6.07) is 8.42. The maximum atomic E-state index is 12.6. The van der Waals surface area contributed by atoms with E-state index in [2.05, 4.69) is 15.4 Å². The highest BCUT2D eigenvalue weighted by molar-refractivity contribution is 5.88. The molecule has 26 heavy (non-hydrogen) atoms. The first-order valence-corrected chi connectivity index (χ1v) is 8.86. The van der Waals surface area contributed by atoms with Gasteiger partial charge >= 0.3 is 11.9 Å². The van der Waals surface area contributed by atoms with Crippen LogP contribution in [0.2, 0.25) is 0 Å². The molecule has 0 aromatic heterocycles. The summed E-state index contributed by atoms with van der Waals surface area (Å²) >= 11 is 0. The van der Waals surface area contributed by atoms with Crippen molar-refractivity contribution >= 4 is 17.8 Å². The summed E-state index contributed by atoms with van der Waals surface area (Å²) in [4.78, 5) is 36.2. The fourth-order valence-electron chi connectivity index (χ4n) is 3.28. The van der Waals surface area contributed by atoms with Gasteiger partial charge in [-0.15, -0.1) is 0 Å². The number of carboxylic acids is 1. The standard InChI is InChI=1S/C19H26N2O5/c1-26-16(22)12-15(17(23)20-13-14-8-4-2-5-9-14)21-19(18(24)25)10-6-3-7-11-19/h2,4-5,8-9,15,21H,3,6-7,10-13H2,1H3,(H,20,23)(H,24,25)/t15-/m0/s1. The van der Waals surface area contributed by atoms with E-state index in [1.54, 1.807) is 0 Å². The third-order valence-corrected chi connectivity index (χ3v) is 4.79. The number of aliphatic carboxylic acids is 1. The zero-order valence-electron chi connectivity index (χ0n) is 15.0. The second kappa shape index (κ2) is 9.33. The number of ether oxygens (including phenoxy) is 1. The number of amides is 1. The molecule has 1 atom stereocenters. The molecule has 0 spiro atoms. The lowest BCUT2D eigenvalue weighted by molar-refractivity contribution is -0.149. The van der Waals surface area contributed by atoms with Crippen molar-refractivity contribution in [2.45, 2.75) is 56.7 Å². The van der Waals surface area contributed by atoms with Gasteiger partial charge in [-0.3, -0.25) is 19.7 Å². The minimum Gasteiger partial charge on any atom is -0.480 e. The molecule has 7 heteroatoms. The Hall–Kier alpha value is -2.41. The molecule has 2 rings (SSSR count). The van der Waals surface area contributed by atoms with Gasteiger partial charge in [0.2, 0.25) is 5.91 Å². The molecular weight excluding hydrogens is 336 g/mol. The quantitative estimate of drug-likeness (QED) is 0.607. The summed E-state index contributed by atoms with van der Waals surface area (Å²) in [6.45, 7) is 0.305. The van der Waals surface area contributed by atoms with Gasteiger partial charge in [0.25, 0.3) is 0 Å². The third-order valence-electron chi connectivity index (χ3n) is 4.79. The Morgan fingerprint density at radius 1 is 1.15 bits per heavy atom. The van der Waals surface area contributed by atoms with Crippen molar-refractivity contribution < 1.29 is 24.2 Å². The first-order chi connectivity index (χ1) is 12.5. The van der Waals surface area contributed by atoms with Crippen LogP contribution in [0.25, 0.3) is 0 Å². The first-order valence-electron chi connectivity index (χ1n) is 8.86. The monoisotopic (exact) mass is 362 g/mol. The van der Waals surface area contributed by atoms with Crippen LogP contribution in [0.4, 0.5) is 0 Å². The number of methoxy groups -OCH3 is 1. The van der Waals surface area contributed by atoms with E-state index in [9.17, 15) is 19.5 Å². The van der Waals surface area contributed by atoms with E-state index in [0.717, 1.165) is 24.8 Å². The van der Waals surface area contributed by atoms with Crippen molar-refractivity contribution in [2.24, 2.45) is 0 Å². The van der Waals surface area contributed by atoms with E-state index in [-0.39, 0.29) is 6.42 Å². The zero-order valence-corrected chi connectivity index (χ0v) is 15.0. The van der Waals surface area contributed by atoms with Crippen molar-refractivity contribution in [3.8, 4) is 0 Å². The summed E-state index contributed by atoms with van der Waals surface area (Å²) in [7, 11) is 1.24. The maximum absolute atomic E-state index is 12.6. The molecular formula is C19H26N2O5. The molecule has 1 fully saturated rings. The minimum atomic E-state index is -1.18. The average molecular weight is 362 g/mol. The van der Waals surface area contributed by atoms with E-state index in [1.807, 2.05) is 30.3 Å². The molecule has 1 aromatic carbocycles. The molecule has 0 unspecified atom stereocenters. The number of carbonyl (C=O) groups is 3. The first kappa shape index (κ1) is 19.9. The fourth-order valence-corrected chi connectivity index (χ4v) is 3.28. The van der Waals surface area contributed by atoms with Gasteiger partial charge in [-0.05, 0) is 18.4 Å². The van der Waals surface area contributed by atoms with Gasteiger partial charge in [0.1, 0.15) is 5.54 Å². The zero-order chi connectivity index (χ0) is 19.0. The number of rotatable bonds is 8. The second-order valence-electron chi connectivity index (χ2n) is 6.63. The molecule has 3 N–H and O–H groups in total. The average Bonchev–Trinajstić information content (AvgIpc) is 2.66. The van der Waals surface area contributed by atoms with Crippen LogP contribution in [-0.4, -0.2) is 41.6 Å². The topological polar surface area (TPSA) is 105 Å². The van der Waals surface area contributed by atoms with Crippen molar-refractivity contribution in [2.75, 3.05) is 7.11 Å². The molecule has 1 aliphatic carbocycles. The Morgan fingerprint density at radius 2 is 1.81 bits per heavy atom. The number of esters is 1. The van der Waals surface area contributed by atoms with Gasteiger partial charge < -0.3 is 15.2 Å². The smallest absolute Gasteiger partial charge is 0.323 e. The molecule has 1 saturated carbocycles. The Bertz CT molecular complexity index is 626. The molecule has 0 bridgehead atoms. The Labute approximate surface area is 153 Å². The molecule has 142 valence electrons. The number of carbonyl (C=O) groups excluding carboxylic acids is 2. The lowest BCUT2D eigenvalue weighted by Crippen LogP contribution is -2.60. The van der Waals surface area contributed by atoms with E-state index in [1.165, 1.54) is 7.11 Å². The highest BCUT2D eigenvalue weighted by atomic mass is 16.5. The van der Waals surface area contributed by atoms with Gasteiger partial charge in [0.05, 0.1) is 19.6 Å². The number of hydrogen-bond donors (Lipinski definition) is 3. The maximum Gasteiger partial charge on any atom is 0.323 e. The van der Waals surface area contributed by atoms with Crippen LogP contribution >= 0.6 is 0 Å². The number of benzene rings is 1. The van der Waals surface area contributed by atoms with Gasteiger partial charge in [0.15, 0.2) is 0 Å². The summed E-state index contributed by atoms with van der Waals surface area (Å²) in [5, 5.41) is 15.4. The lowest BCUT2D eigenvalue weighted by Gasteiger charge is -2.36. The van der Waals surface area contributed by atoms with Gasteiger partial charge in [-0.1, -0.05) is 49.6 Å². The van der Waals surface area contributed by atoms with Crippen LogP contribution < -0.4 is 10.6 Å². The van der Waals surface area contributed by atoms with E-state index < -0.39 is 29.4 Å². The molecule has 0 aliphatic heterocycles. The van der Waals surface area contributed by atoms with E-state index in [4.69, 9.17) is 0 Å². The molecule has 1 aromatic rings. The van der Waals surface area contributed by atoms with Gasteiger partial charge in [-0.25, -0.2) is 0 Å². The Morgan fingerprint density at radius 3 is 2.38 bits per heavy atom. The predicted molar refractivity (Wildman–Crippen MR) is 95.3 cm³/mol. The highest BCUT2D eigenvalue weighted by Gasteiger charge is 2.42. The minimum absolute atomic E-state index is 0.216. The Balaban J connectivity index is 2.09. The highest BCUT2D eigenvalue weighted by Crippen LogP contribution is 2.29. The normalized spacial score (nSPS) is 17.1. The van der Waals surface area contributed by atoms with Gasteiger partial charge in [-0.2, -0.15) is 0 Å². The van der Waals surface area contributed by atoms with Crippen LogP contribution in [0.1, 0.15) is 44.1 Å². The van der Waals surface area contributed by atoms with Crippen molar-refractivity contribution in [1.29, 1.82) is 0 Å². The van der Waals surface area contributed by atoms with E-state index >= 15 is 0 Å². The van der Waals surface area contributed by atoms with Gasteiger partial charge in [0, 0.05) is 6.54 Å². The largest absolute Gasteiger partial charge is 0.480 e. The molecule has 0 radical (unpaired) electrons. The Kier molecular flexibility index (Phi) is 7.15. The summed E-state index contributed by atoms with van der Waals surface area (Å²) in [6.07, 6.45) is 3.18. The lowest BCUT2D eigenvalue weighted by atomic mass is 9.81. The van der Waals surface area contributed by atoms with E-state index in [0.29, 0.717) is 19.4 Å². The molecule has 0 heterocycles. The van der Waals surface area contributed by atoms with Crippen molar-refractivity contribution in [3.63, 3.8) is 0 Å². The fraction of sp³-hybridized carbons (Fsp3) is 0.526. The van der Waals surface area contributed by atoms with Crippen LogP contribution in [0.15, 0.2) is 30.3 Å². The SMILES string of the molecule is COC(=O)C[C@H](NC1(C(=O)O)CCCCC1)C(=O)NCc1ccccc1. The van der Waals surface area contributed by atoms with Crippen molar-refractivity contribution in [1.82, 2.24) is 10.6 Å². The molecule has 0 saturated heterocycles. The number of hydrogen-bond acceptors (Lipinski definition) is 5. The molecule has 1 amide bonds. The van der Waals surface area contributed by atoms with Crippen LogP contribution in [0.3, 0.4) is 0 Å². The summed E-state index contributed by atoms with van der Waals surface area (Å²) in [5.41, 5.74) is -0.260. The number of nitrogens with one attached hydrogen (secondary N) is 2. The van der Waals surface area contributed by atoms with Crippen LogP contribution in [-0.2, 0) is 25.7 Å². The summed E-state index contributed by atoms with van der Waals surface area (Å²) < 4.78 is 4.67. The second-order valence-corrected chi connectivity index (χ2v) is 6.63. The van der Waals surface area contributed by atoms with Crippen LogP contribution in [0, 0.1) is 0 Å². The predicted octanol–water partition coefficient (Wildman–Crippen LogP) is 1.61. The molecule has 1 aliphatic rings. The van der Waals surface area contributed by atoms with Crippen LogP contribution in [0.5, 0.6) is 0 Å². The third kappa shape index (κ3) is 5.29.